The molecule has 1 aromatic carbocycles. The molecule has 1 amide bonds. The summed E-state index contributed by atoms with van der Waals surface area (Å²) in [5.74, 6) is 0.158. The summed E-state index contributed by atoms with van der Waals surface area (Å²) in [6.07, 6.45) is 2.27. The van der Waals surface area contributed by atoms with E-state index in [1.54, 1.807) is 0 Å². The summed E-state index contributed by atoms with van der Waals surface area (Å²) in [7, 11) is 0. The lowest BCUT2D eigenvalue weighted by Gasteiger charge is -2.34. The number of nitrogens with one attached hydrogen (secondary N) is 1. The number of carbonyl (C=O) groups excluding carboxylic acids is 1. The number of piperazine rings is 1. The standard InChI is InChI=1S/C17H22N4O/c18-11-14-3-1-2-4-15(14)12-20-7-9-21(10-8-20)13-17(22)19-16-5-6-16/h1-4,16H,5-10,12-13H2,(H,19,22). The molecule has 2 fully saturated rings. The zero-order valence-electron chi connectivity index (χ0n) is 12.8. The molecule has 5 heteroatoms. The van der Waals surface area contributed by atoms with Crippen LogP contribution in [0.15, 0.2) is 24.3 Å². The number of carbonyl (C=O) groups is 1. The lowest BCUT2D eigenvalue weighted by molar-refractivity contribution is -0.122. The third-order valence-corrected chi connectivity index (χ3v) is 4.31. The first-order valence-corrected chi connectivity index (χ1v) is 7.96. The van der Waals surface area contributed by atoms with Gasteiger partial charge in [0.2, 0.25) is 5.91 Å². The minimum Gasteiger partial charge on any atom is -0.352 e. The van der Waals surface area contributed by atoms with Gasteiger partial charge >= 0.3 is 0 Å². The van der Waals surface area contributed by atoms with E-state index >= 15 is 0 Å². The Kier molecular flexibility index (Phi) is 4.71. The first-order valence-electron chi connectivity index (χ1n) is 7.96. The van der Waals surface area contributed by atoms with Crippen molar-refractivity contribution >= 4 is 5.91 Å². The van der Waals surface area contributed by atoms with Gasteiger partial charge in [0.15, 0.2) is 0 Å². The van der Waals surface area contributed by atoms with Crippen LogP contribution in [0.4, 0.5) is 0 Å². The minimum absolute atomic E-state index is 0.158. The Morgan fingerprint density at radius 3 is 2.55 bits per heavy atom. The molecule has 0 bridgehead atoms. The zero-order chi connectivity index (χ0) is 15.4. The van der Waals surface area contributed by atoms with E-state index in [2.05, 4.69) is 21.2 Å². The Morgan fingerprint density at radius 1 is 1.18 bits per heavy atom. The number of rotatable bonds is 5. The molecule has 116 valence electrons. The first kappa shape index (κ1) is 15.0. The molecule has 0 unspecified atom stereocenters. The molecule has 1 aliphatic carbocycles. The van der Waals surface area contributed by atoms with Gasteiger partial charge < -0.3 is 5.32 Å². The Labute approximate surface area is 131 Å². The van der Waals surface area contributed by atoms with Crippen LogP contribution >= 0.6 is 0 Å². The highest BCUT2D eigenvalue weighted by molar-refractivity contribution is 5.78. The van der Waals surface area contributed by atoms with Gasteiger partial charge in [0.05, 0.1) is 18.2 Å². The van der Waals surface area contributed by atoms with Crippen LogP contribution in [0.2, 0.25) is 0 Å². The SMILES string of the molecule is N#Cc1ccccc1CN1CCN(CC(=O)NC2CC2)CC1. The summed E-state index contributed by atoms with van der Waals surface area (Å²) in [4.78, 5) is 16.4. The number of benzene rings is 1. The number of nitriles is 1. The van der Waals surface area contributed by atoms with Crippen molar-refractivity contribution in [2.45, 2.75) is 25.4 Å². The van der Waals surface area contributed by atoms with Crippen molar-refractivity contribution < 1.29 is 4.79 Å². The minimum atomic E-state index is 0.158. The summed E-state index contributed by atoms with van der Waals surface area (Å²) < 4.78 is 0. The van der Waals surface area contributed by atoms with Crippen LogP contribution in [0.1, 0.15) is 24.0 Å². The molecular formula is C17H22N4O. The van der Waals surface area contributed by atoms with Crippen LogP contribution in [0.25, 0.3) is 0 Å². The average Bonchev–Trinajstić information content (AvgIpc) is 3.33. The highest BCUT2D eigenvalue weighted by Crippen LogP contribution is 2.18. The summed E-state index contributed by atoms with van der Waals surface area (Å²) in [6.45, 7) is 5.03. The van der Waals surface area contributed by atoms with Gasteiger partial charge in [0, 0.05) is 38.8 Å². The Balaban J connectivity index is 1.45. The van der Waals surface area contributed by atoms with E-state index in [-0.39, 0.29) is 5.91 Å². The fourth-order valence-corrected chi connectivity index (χ4v) is 2.82. The largest absolute Gasteiger partial charge is 0.352 e. The molecule has 5 nitrogen and oxygen atoms in total. The molecule has 1 heterocycles. The third kappa shape index (κ3) is 4.06. The Morgan fingerprint density at radius 2 is 1.86 bits per heavy atom. The molecule has 1 aliphatic heterocycles. The molecule has 1 aromatic rings. The van der Waals surface area contributed by atoms with Gasteiger partial charge in [-0.25, -0.2) is 0 Å². The van der Waals surface area contributed by atoms with Gasteiger partial charge in [-0.1, -0.05) is 18.2 Å². The number of amides is 1. The van der Waals surface area contributed by atoms with Gasteiger partial charge in [-0.05, 0) is 24.5 Å². The number of hydrogen-bond acceptors (Lipinski definition) is 4. The average molecular weight is 298 g/mol. The molecule has 1 saturated carbocycles. The lowest BCUT2D eigenvalue weighted by Crippen LogP contribution is -2.49. The van der Waals surface area contributed by atoms with E-state index in [1.165, 1.54) is 0 Å². The first-order chi connectivity index (χ1) is 10.7. The second kappa shape index (κ2) is 6.91. The highest BCUT2D eigenvalue weighted by atomic mass is 16.2. The van der Waals surface area contributed by atoms with E-state index in [4.69, 9.17) is 5.26 Å². The summed E-state index contributed by atoms with van der Waals surface area (Å²) in [6, 6.07) is 10.5. The van der Waals surface area contributed by atoms with Crippen molar-refractivity contribution in [1.29, 1.82) is 5.26 Å². The second-order valence-corrected chi connectivity index (χ2v) is 6.16. The molecule has 1 N–H and O–H groups in total. The molecule has 0 atom stereocenters. The molecule has 0 aromatic heterocycles. The fraction of sp³-hybridized carbons (Fsp3) is 0.529. The van der Waals surface area contributed by atoms with Crippen LogP contribution < -0.4 is 5.32 Å². The van der Waals surface area contributed by atoms with Crippen LogP contribution in [-0.4, -0.2) is 54.5 Å². The van der Waals surface area contributed by atoms with Crippen molar-refractivity contribution in [3.8, 4) is 6.07 Å². The van der Waals surface area contributed by atoms with Crippen molar-refractivity contribution in [3.05, 3.63) is 35.4 Å². The van der Waals surface area contributed by atoms with E-state index in [9.17, 15) is 4.79 Å². The quantitative estimate of drug-likeness (QED) is 0.879. The van der Waals surface area contributed by atoms with E-state index < -0.39 is 0 Å². The highest BCUT2D eigenvalue weighted by Gasteiger charge is 2.25. The van der Waals surface area contributed by atoms with Gasteiger partial charge in [-0.3, -0.25) is 14.6 Å². The maximum absolute atomic E-state index is 11.8. The predicted octanol–water partition coefficient (Wildman–Crippen LogP) is 0.954. The molecule has 22 heavy (non-hydrogen) atoms. The van der Waals surface area contributed by atoms with Gasteiger partial charge in [-0.15, -0.1) is 0 Å². The second-order valence-electron chi connectivity index (χ2n) is 6.16. The number of nitrogens with zero attached hydrogens (tertiary/aromatic N) is 3. The van der Waals surface area contributed by atoms with Gasteiger partial charge in [0.1, 0.15) is 0 Å². The smallest absolute Gasteiger partial charge is 0.234 e. The van der Waals surface area contributed by atoms with Crippen molar-refractivity contribution in [1.82, 2.24) is 15.1 Å². The number of hydrogen-bond donors (Lipinski definition) is 1. The third-order valence-electron chi connectivity index (χ3n) is 4.31. The van der Waals surface area contributed by atoms with Crippen LogP contribution in [-0.2, 0) is 11.3 Å². The van der Waals surface area contributed by atoms with Crippen LogP contribution in [0.5, 0.6) is 0 Å². The molecule has 1 saturated heterocycles. The van der Waals surface area contributed by atoms with E-state index in [1.807, 2.05) is 24.3 Å². The normalized spacial score (nSPS) is 19.6. The zero-order valence-corrected chi connectivity index (χ0v) is 12.8. The Hall–Kier alpha value is -1.90. The fourth-order valence-electron chi connectivity index (χ4n) is 2.82. The lowest BCUT2D eigenvalue weighted by atomic mass is 10.1. The van der Waals surface area contributed by atoms with E-state index in [0.29, 0.717) is 12.6 Å². The van der Waals surface area contributed by atoms with Crippen LogP contribution in [0, 0.1) is 11.3 Å². The van der Waals surface area contributed by atoms with Crippen LogP contribution in [0.3, 0.4) is 0 Å². The predicted molar refractivity (Wildman–Crippen MR) is 84.0 cm³/mol. The summed E-state index contributed by atoms with van der Waals surface area (Å²) >= 11 is 0. The molecule has 0 radical (unpaired) electrons. The van der Waals surface area contributed by atoms with E-state index in [0.717, 1.165) is 56.7 Å². The molecule has 3 rings (SSSR count). The van der Waals surface area contributed by atoms with Crippen molar-refractivity contribution in [2.75, 3.05) is 32.7 Å². The topological polar surface area (TPSA) is 59.4 Å². The van der Waals surface area contributed by atoms with Crippen molar-refractivity contribution in [2.24, 2.45) is 0 Å². The summed E-state index contributed by atoms with van der Waals surface area (Å²) in [5, 5.41) is 12.2. The van der Waals surface area contributed by atoms with Gasteiger partial charge in [0.25, 0.3) is 0 Å². The summed E-state index contributed by atoms with van der Waals surface area (Å²) in [5.41, 5.74) is 1.85. The maximum Gasteiger partial charge on any atom is 0.234 e. The molecular weight excluding hydrogens is 276 g/mol. The Bertz CT molecular complexity index is 568. The van der Waals surface area contributed by atoms with Crippen molar-refractivity contribution in [3.63, 3.8) is 0 Å². The molecule has 0 spiro atoms. The van der Waals surface area contributed by atoms with Gasteiger partial charge in [-0.2, -0.15) is 5.26 Å². The monoisotopic (exact) mass is 298 g/mol. The molecule has 2 aliphatic rings. The maximum atomic E-state index is 11.8.